The van der Waals surface area contributed by atoms with E-state index in [0.717, 1.165) is 22.3 Å². The second kappa shape index (κ2) is 7.05. The third-order valence-corrected chi connectivity index (χ3v) is 6.34. The summed E-state index contributed by atoms with van der Waals surface area (Å²) in [5.74, 6) is -4.67. The predicted molar refractivity (Wildman–Crippen MR) is 110 cm³/mol. The number of carboxylic acid groups (broad SMARTS) is 1. The van der Waals surface area contributed by atoms with Crippen LogP contribution in [-0.4, -0.2) is 16.8 Å². The Kier molecular flexibility index (Phi) is 4.32. The fourth-order valence-corrected chi connectivity index (χ4v) is 5.20. The van der Waals surface area contributed by atoms with Crippen LogP contribution in [0.25, 0.3) is 0 Å². The molecule has 2 bridgehead atoms. The Morgan fingerprint density at radius 3 is 1.77 bits per heavy atom. The number of nitro groups is 1. The Morgan fingerprint density at radius 2 is 1.29 bits per heavy atom. The molecule has 0 aliphatic heterocycles. The number of rotatable bonds is 4. The third-order valence-electron chi connectivity index (χ3n) is 6.34. The molecule has 0 saturated heterocycles. The Bertz CT molecular complexity index is 1190. The molecule has 0 unspecified atom stereocenters. The monoisotopic (exact) mass is 413 g/mol. The van der Waals surface area contributed by atoms with E-state index in [4.69, 9.17) is 0 Å². The number of non-ortho nitro benzene ring substituents is 1. The topological polar surface area (TPSA) is 112 Å². The minimum atomic E-state index is -1.28. The lowest BCUT2D eigenvalue weighted by Gasteiger charge is -2.50. The molecule has 154 valence electrons. The van der Waals surface area contributed by atoms with Crippen LogP contribution in [0.1, 0.15) is 34.1 Å². The zero-order valence-corrected chi connectivity index (χ0v) is 16.2. The second-order valence-electron chi connectivity index (χ2n) is 7.88. The van der Waals surface area contributed by atoms with Gasteiger partial charge in [-0.1, -0.05) is 54.6 Å². The van der Waals surface area contributed by atoms with Crippen molar-refractivity contribution < 1.29 is 19.6 Å². The van der Waals surface area contributed by atoms with Crippen molar-refractivity contribution in [3.05, 3.63) is 105 Å². The molecule has 2 atom stereocenters. The molecule has 3 aromatic carbocycles. The van der Waals surface area contributed by atoms with Gasteiger partial charge in [0.25, 0.3) is 5.69 Å². The number of hydrogen-bond donors (Lipinski definition) is 1. The fourth-order valence-electron chi connectivity index (χ4n) is 5.20. The summed E-state index contributed by atoms with van der Waals surface area (Å²) in [7, 11) is 0. The van der Waals surface area contributed by atoms with Crippen LogP contribution in [0.4, 0.5) is 11.4 Å². The van der Waals surface area contributed by atoms with E-state index in [1.807, 2.05) is 48.5 Å². The van der Waals surface area contributed by atoms with Crippen LogP contribution < -0.4 is 10.4 Å². The van der Waals surface area contributed by atoms with E-state index in [9.17, 15) is 24.8 Å². The molecular weight excluding hydrogens is 396 g/mol. The normalized spacial score (nSPS) is 22.8. The molecule has 1 N–H and O–H groups in total. The number of fused-ring (bicyclic) bond motifs is 1. The van der Waals surface area contributed by atoms with Gasteiger partial charge in [0.15, 0.2) is 0 Å². The van der Waals surface area contributed by atoms with Gasteiger partial charge in [-0.05, 0) is 28.3 Å². The van der Waals surface area contributed by atoms with E-state index in [1.54, 1.807) is 6.07 Å². The van der Waals surface area contributed by atoms with E-state index < -0.39 is 40.5 Å². The van der Waals surface area contributed by atoms with Crippen molar-refractivity contribution in [2.45, 2.75) is 11.8 Å². The van der Waals surface area contributed by atoms with Gasteiger partial charge in [-0.3, -0.25) is 14.9 Å². The minimum Gasteiger partial charge on any atom is -0.550 e. The molecule has 31 heavy (non-hydrogen) atoms. The van der Waals surface area contributed by atoms with Gasteiger partial charge in [0.1, 0.15) is 0 Å². The van der Waals surface area contributed by atoms with Gasteiger partial charge >= 0.3 is 0 Å². The lowest BCUT2D eigenvalue weighted by Crippen LogP contribution is -2.52. The van der Waals surface area contributed by atoms with Crippen LogP contribution in [0.3, 0.4) is 0 Å². The molecule has 0 saturated carbocycles. The largest absolute Gasteiger partial charge is 0.550 e. The van der Waals surface area contributed by atoms with E-state index in [0.29, 0.717) is 0 Å². The minimum absolute atomic E-state index is 0.157. The highest BCUT2D eigenvalue weighted by Crippen LogP contribution is 2.58. The van der Waals surface area contributed by atoms with E-state index in [-0.39, 0.29) is 11.4 Å². The van der Waals surface area contributed by atoms with Crippen LogP contribution in [0.15, 0.2) is 72.8 Å². The van der Waals surface area contributed by atoms with Gasteiger partial charge in [0, 0.05) is 41.5 Å². The lowest BCUT2D eigenvalue weighted by atomic mass is 9.54. The van der Waals surface area contributed by atoms with Crippen molar-refractivity contribution in [3.8, 4) is 0 Å². The summed E-state index contributed by atoms with van der Waals surface area (Å²) in [5, 5.41) is 26.1. The first-order valence-electron chi connectivity index (χ1n) is 9.91. The number of hydrogen-bond acceptors (Lipinski definition) is 5. The quantitative estimate of drug-likeness (QED) is 0.522. The zero-order chi connectivity index (χ0) is 21.7. The first-order valence-corrected chi connectivity index (χ1v) is 9.91. The molecule has 0 heterocycles. The summed E-state index contributed by atoms with van der Waals surface area (Å²) >= 11 is 0. The number of aliphatic carboxylic acids is 1. The van der Waals surface area contributed by atoms with Crippen LogP contribution in [0.5, 0.6) is 0 Å². The summed E-state index contributed by atoms with van der Waals surface area (Å²) in [4.78, 5) is 36.2. The van der Waals surface area contributed by atoms with Crippen molar-refractivity contribution >= 4 is 23.3 Å². The summed E-state index contributed by atoms with van der Waals surface area (Å²) in [6, 6.07) is 20.8. The summed E-state index contributed by atoms with van der Waals surface area (Å²) in [6.45, 7) is 0. The smallest absolute Gasteiger partial charge is 0.271 e. The summed E-state index contributed by atoms with van der Waals surface area (Å²) in [5.41, 5.74) is 3.76. The molecule has 0 fully saturated rings. The van der Waals surface area contributed by atoms with Gasteiger partial charge in [-0.2, -0.15) is 0 Å². The van der Waals surface area contributed by atoms with Gasteiger partial charge in [0.05, 0.1) is 10.8 Å². The SMILES string of the molecule is O=C(Nc1cccc([N+](=O)[O-])c1)[C@@H]1C2c3ccccc3C(c3ccccc32)[C@@H]1C(=O)[O-]. The van der Waals surface area contributed by atoms with Crippen LogP contribution in [0, 0.1) is 22.0 Å². The average Bonchev–Trinajstić information content (AvgIpc) is 2.78. The molecule has 3 aliphatic rings. The number of nitro benzene ring substituents is 1. The average molecular weight is 413 g/mol. The number of anilines is 1. The van der Waals surface area contributed by atoms with Crippen molar-refractivity contribution in [1.82, 2.24) is 0 Å². The van der Waals surface area contributed by atoms with Crippen molar-refractivity contribution in [1.29, 1.82) is 0 Å². The predicted octanol–water partition coefficient (Wildman–Crippen LogP) is 2.81. The molecule has 0 aromatic heterocycles. The number of nitrogens with one attached hydrogen (secondary N) is 1. The van der Waals surface area contributed by atoms with Crippen molar-refractivity contribution in [2.24, 2.45) is 11.8 Å². The highest BCUT2D eigenvalue weighted by Gasteiger charge is 2.52. The van der Waals surface area contributed by atoms with Gasteiger partial charge < -0.3 is 15.2 Å². The highest BCUT2D eigenvalue weighted by atomic mass is 16.6. The van der Waals surface area contributed by atoms with Crippen LogP contribution in [0.2, 0.25) is 0 Å². The van der Waals surface area contributed by atoms with Crippen molar-refractivity contribution in [3.63, 3.8) is 0 Å². The van der Waals surface area contributed by atoms with Gasteiger partial charge in [0.2, 0.25) is 5.91 Å². The van der Waals surface area contributed by atoms with Gasteiger partial charge in [-0.15, -0.1) is 0 Å². The molecule has 7 nitrogen and oxygen atoms in total. The maximum atomic E-state index is 13.4. The summed E-state index contributed by atoms with van der Waals surface area (Å²) < 4.78 is 0. The molecule has 6 rings (SSSR count). The Balaban J connectivity index is 1.61. The molecule has 0 radical (unpaired) electrons. The van der Waals surface area contributed by atoms with Crippen LogP contribution in [-0.2, 0) is 9.59 Å². The molecule has 3 aromatic rings. The Labute approximate surface area is 177 Å². The highest BCUT2D eigenvalue weighted by molar-refractivity contribution is 5.98. The maximum absolute atomic E-state index is 13.4. The number of nitrogens with zero attached hydrogens (tertiary/aromatic N) is 1. The van der Waals surface area contributed by atoms with Gasteiger partial charge in [-0.25, -0.2) is 0 Å². The van der Waals surface area contributed by atoms with Crippen molar-refractivity contribution in [2.75, 3.05) is 5.32 Å². The fraction of sp³-hybridized carbons (Fsp3) is 0.167. The first-order chi connectivity index (χ1) is 15.0. The van der Waals surface area contributed by atoms with E-state index in [2.05, 4.69) is 5.32 Å². The number of amides is 1. The maximum Gasteiger partial charge on any atom is 0.271 e. The standard InChI is InChI=1S/C24H18N2O5/c27-23(25-13-6-5-7-14(12-13)26(30)31)21-19-15-8-1-3-10-17(15)20(22(21)24(28)29)18-11-4-2-9-16(18)19/h1-12,19-22H,(H,25,27)(H,28,29)/p-1/t19?,20?,21-,22+/m1/s1. The summed E-state index contributed by atoms with van der Waals surface area (Å²) in [6.07, 6.45) is 0. The molecule has 1 amide bonds. The Morgan fingerprint density at radius 1 is 0.774 bits per heavy atom. The molecule has 7 heteroatoms. The second-order valence-corrected chi connectivity index (χ2v) is 7.88. The number of carbonyl (C=O) groups excluding carboxylic acids is 2. The third kappa shape index (κ3) is 2.89. The number of carboxylic acids is 1. The molecule has 0 spiro atoms. The lowest BCUT2D eigenvalue weighted by molar-refractivity contribution is -0.384. The zero-order valence-electron chi connectivity index (χ0n) is 16.2. The van der Waals surface area contributed by atoms with Crippen LogP contribution >= 0.6 is 0 Å². The number of benzene rings is 3. The van der Waals surface area contributed by atoms with E-state index >= 15 is 0 Å². The Hall–Kier alpha value is -4.00. The molecule has 3 aliphatic carbocycles. The van der Waals surface area contributed by atoms with E-state index in [1.165, 1.54) is 18.2 Å². The molecular formula is C24H17N2O5-. The number of carbonyl (C=O) groups is 2. The first kappa shape index (κ1) is 19.0.